The topological polar surface area (TPSA) is 36.1 Å². The van der Waals surface area contributed by atoms with Crippen LogP contribution in [0.25, 0.3) is 0 Å². The summed E-state index contributed by atoms with van der Waals surface area (Å²) in [5.74, 6) is 0. The van der Waals surface area contributed by atoms with Gasteiger partial charge in [-0.05, 0) is 47.8 Å². The second-order valence-electron chi connectivity index (χ2n) is 7.13. The molecule has 0 saturated carbocycles. The number of aryl methyl sites for hydroxylation is 1. The van der Waals surface area contributed by atoms with Gasteiger partial charge in [0.05, 0.1) is 5.56 Å². The van der Waals surface area contributed by atoms with Gasteiger partial charge in [0.25, 0.3) is 0 Å². The molecule has 3 heteroatoms. The molecule has 1 aliphatic rings. The minimum absolute atomic E-state index is 0.163. The van der Waals surface area contributed by atoms with Gasteiger partial charge in [0.1, 0.15) is 11.1 Å². The van der Waals surface area contributed by atoms with E-state index < -0.39 is 0 Å². The molecule has 118 valence electrons. The maximum atomic E-state index is 9.47. The van der Waals surface area contributed by atoms with E-state index in [-0.39, 0.29) is 5.41 Å². The number of hydrogen-bond acceptors (Lipinski definition) is 3. The van der Waals surface area contributed by atoms with Crippen molar-refractivity contribution in [3.05, 3.63) is 51.4 Å². The lowest BCUT2D eigenvalue weighted by molar-refractivity contribution is 0.590. The van der Waals surface area contributed by atoms with Crippen LogP contribution in [0.2, 0.25) is 0 Å². The van der Waals surface area contributed by atoms with Gasteiger partial charge in [-0.2, -0.15) is 5.26 Å². The van der Waals surface area contributed by atoms with Gasteiger partial charge in [-0.15, -0.1) is 11.3 Å². The van der Waals surface area contributed by atoms with Crippen LogP contribution in [-0.2, 0) is 18.3 Å². The quantitative estimate of drug-likeness (QED) is 0.668. The normalized spacial score (nSPS) is 14.7. The summed E-state index contributed by atoms with van der Waals surface area (Å²) in [7, 11) is 0. The third-order valence-electron chi connectivity index (χ3n) is 4.37. The van der Waals surface area contributed by atoms with Crippen LogP contribution < -0.4 is 0 Å². The maximum absolute atomic E-state index is 9.47. The van der Waals surface area contributed by atoms with Crippen LogP contribution in [0.3, 0.4) is 0 Å². The first-order valence-electron chi connectivity index (χ1n) is 8.18. The van der Waals surface area contributed by atoms with E-state index in [1.165, 1.54) is 28.8 Å². The van der Waals surface area contributed by atoms with Gasteiger partial charge >= 0.3 is 0 Å². The molecule has 3 rings (SSSR count). The maximum Gasteiger partial charge on any atom is 0.134 e. The van der Waals surface area contributed by atoms with Gasteiger partial charge in [-0.1, -0.05) is 45.0 Å². The summed E-state index contributed by atoms with van der Waals surface area (Å²) < 4.78 is 0. The Labute approximate surface area is 142 Å². The van der Waals surface area contributed by atoms with Gasteiger partial charge in [0, 0.05) is 11.1 Å². The van der Waals surface area contributed by atoms with Gasteiger partial charge in [-0.3, -0.25) is 0 Å². The van der Waals surface area contributed by atoms with Crippen molar-refractivity contribution in [1.29, 1.82) is 5.26 Å². The molecule has 0 N–H and O–H groups in total. The second-order valence-corrected chi connectivity index (χ2v) is 8.22. The zero-order valence-electron chi connectivity index (χ0n) is 14.0. The lowest BCUT2D eigenvalue weighted by Crippen LogP contribution is -2.10. The van der Waals surface area contributed by atoms with E-state index in [2.05, 4.69) is 56.1 Å². The zero-order chi connectivity index (χ0) is 16.4. The third kappa shape index (κ3) is 3.38. The molecule has 0 amide bonds. The fraction of sp³-hybridized carbons (Fsp3) is 0.400. The highest BCUT2D eigenvalue weighted by Gasteiger charge is 2.20. The molecule has 23 heavy (non-hydrogen) atoms. The van der Waals surface area contributed by atoms with Gasteiger partial charge in [0.2, 0.25) is 0 Å². The van der Waals surface area contributed by atoms with Crippen LogP contribution in [-0.4, -0.2) is 6.21 Å². The van der Waals surface area contributed by atoms with Crippen molar-refractivity contribution in [3.8, 4) is 6.07 Å². The molecule has 0 fully saturated rings. The standard InChI is InChI=1S/C20H22N2S/c1-20(2,3)15-10-8-14(9-11-15)13-22-19-17(12-21)16-6-4-5-7-18(16)23-19/h8-11,13H,4-7H2,1-3H3/b22-13+. The van der Waals surface area contributed by atoms with Crippen LogP contribution in [0.1, 0.15) is 60.7 Å². The van der Waals surface area contributed by atoms with Gasteiger partial charge < -0.3 is 0 Å². The smallest absolute Gasteiger partial charge is 0.134 e. The Morgan fingerprint density at radius 1 is 1.13 bits per heavy atom. The Kier molecular flexibility index (Phi) is 4.37. The van der Waals surface area contributed by atoms with Crippen molar-refractivity contribution in [1.82, 2.24) is 0 Å². The summed E-state index contributed by atoms with van der Waals surface area (Å²) in [6.45, 7) is 6.64. The lowest BCUT2D eigenvalue weighted by atomic mass is 9.87. The number of rotatable bonds is 2. The van der Waals surface area contributed by atoms with Crippen molar-refractivity contribution in [2.75, 3.05) is 0 Å². The van der Waals surface area contributed by atoms with E-state index in [0.29, 0.717) is 0 Å². The lowest BCUT2D eigenvalue weighted by Gasteiger charge is -2.18. The summed E-state index contributed by atoms with van der Waals surface area (Å²) in [6, 6.07) is 10.9. The van der Waals surface area contributed by atoms with Crippen molar-refractivity contribution < 1.29 is 0 Å². The molecule has 0 spiro atoms. The first-order chi connectivity index (χ1) is 11.0. The molecule has 0 atom stereocenters. The number of hydrogen-bond donors (Lipinski definition) is 0. The first kappa shape index (κ1) is 16.0. The van der Waals surface area contributed by atoms with Crippen molar-refractivity contribution >= 4 is 22.6 Å². The second kappa shape index (κ2) is 6.29. The molecule has 0 saturated heterocycles. The highest BCUT2D eigenvalue weighted by Crippen LogP contribution is 2.39. The van der Waals surface area contributed by atoms with Crippen LogP contribution in [0.4, 0.5) is 5.00 Å². The fourth-order valence-electron chi connectivity index (χ4n) is 2.96. The minimum atomic E-state index is 0.163. The Balaban J connectivity index is 1.86. The predicted octanol–water partition coefficient (Wildman–Crippen LogP) is 5.55. The zero-order valence-corrected chi connectivity index (χ0v) is 14.8. The summed E-state index contributed by atoms with van der Waals surface area (Å²) in [6.07, 6.45) is 6.44. The summed E-state index contributed by atoms with van der Waals surface area (Å²) in [5.41, 5.74) is 4.61. The van der Waals surface area contributed by atoms with E-state index in [0.717, 1.165) is 29.0 Å². The molecule has 1 heterocycles. The fourth-order valence-corrected chi connectivity index (χ4v) is 4.14. The minimum Gasteiger partial charge on any atom is -0.244 e. The van der Waals surface area contributed by atoms with Crippen molar-refractivity contribution in [2.45, 2.75) is 51.9 Å². The number of fused-ring (bicyclic) bond motifs is 1. The molecule has 0 bridgehead atoms. The first-order valence-corrected chi connectivity index (χ1v) is 9.00. The van der Waals surface area contributed by atoms with Crippen LogP contribution in [0.15, 0.2) is 29.3 Å². The molecular formula is C20H22N2S. The number of aliphatic imine (C=N–C) groups is 1. The SMILES string of the molecule is CC(C)(C)c1ccc(/C=N/c2sc3c(c2C#N)CCCC3)cc1. The van der Waals surface area contributed by atoms with Crippen LogP contribution in [0, 0.1) is 11.3 Å². The van der Waals surface area contributed by atoms with Crippen LogP contribution in [0.5, 0.6) is 0 Å². The third-order valence-corrected chi connectivity index (χ3v) is 5.57. The highest BCUT2D eigenvalue weighted by molar-refractivity contribution is 7.16. The molecule has 1 aromatic heterocycles. The summed E-state index contributed by atoms with van der Waals surface area (Å²) in [4.78, 5) is 5.98. The molecule has 0 radical (unpaired) electrons. The van der Waals surface area contributed by atoms with Crippen molar-refractivity contribution in [3.63, 3.8) is 0 Å². The van der Waals surface area contributed by atoms with E-state index in [9.17, 15) is 5.26 Å². The van der Waals surface area contributed by atoms with Crippen LogP contribution >= 0.6 is 11.3 Å². The Morgan fingerprint density at radius 3 is 2.48 bits per heavy atom. The highest BCUT2D eigenvalue weighted by atomic mass is 32.1. The Hall–Kier alpha value is -1.92. The Morgan fingerprint density at radius 2 is 1.83 bits per heavy atom. The number of thiophene rings is 1. The average Bonchev–Trinajstić information content (AvgIpc) is 2.90. The molecule has 0 aliphatic heterocycles. The van der Waals surface area contributed by atoms with Gasteiger partial charge in [0.15, 0.2) is 0 Å². The molecule has 2 nitrogen and oxygen atoms in total. The number of nitrogens with zero attached hydrogens (tertiary/aromatic N) is 2. The predicted molar refractivity (Wildman–Crippen MR) is 98.1 cm³/mol. The molecule has 0 unspecified atom stereocenters. The van der Waals surface area contributed by atoms with E-state index in [4.69, 9.17) is 0 Å². The largest absolute Gasteiger partial charge is 0.244 e. The molecule has 1 aromatic carbocycles. The van der Waals surface area contributed by atoms with Crippen molar-refractivity contribution in [2.24, 2.45) is 4.99 Å². The summed E-state index contributed by atoms with van der Waals surface area (Å²) in [5, 5.41) is 10.3. The van der Waals surface area contributed by atoms with E-state index >= 15 is 0 Å². The molecule has 1 aliphatic carbocycles. The van der Waals surface area contributed by atoms with Gasteiger partial charge in [-0.25, -0.2) is 4.99 Å². The molecule has 2 aromatic rings. The van der Waals surface area contributed by atoms with E-state index in [1.807, 2.05) is 6.21 Å². The summed E-state index contributed by atoms with van der Waals surface area (Å²) >= 11 is 1.69. The monoisotopic (exact) mass is 322 g/mol. The molecular weight excluding hydrogens is 300 g/mol. The van der Waals surface area contributed by atoms with E-state index in [1.54, 1.807) is 11.3 Å². The number of nitriles is 1. The number of benzene rings is 1. The Bertz CT molecular complexity index is 768. The average molecular weight is 322 g/mol.